The first-order valence-corrected chi connectivity index (χ1v) is 7.65. The van der Waals surface area contributed by atoms with Crippen molar-refractivity contribution in [2.24, 2.45) is 0 Å². The smallest absolute Gasteiger partial charge is 0.321 e. The minimum Gasteiger partial charge on any atom is -0.350 e. The molecule has 1 N–H and O–H groups in total. The molecule has 1 fully saturated rings. The molecule has 0 aliphatic carbocycles. The summed E-state index contributed by atoms with van der Waals surface area (Å²) in [5.41, 5.74) is 2.00. The van der Waals surface area contributed by atoms with E-state index in [-0.39, 0.29) is 6.03 Å². The number of urea groups is 1. The van der Waals surface area contributed by atoms with Gasteiger partial charge >= 0.3 is 6.03 Å². The Morgan fingerprint density at radius 1 is 1.05 bits per heavy atom. The predicted octanol–water partition coefficient (Wildman–Crippen LogP) is 2.32. The summed E-state index contributed by atoms with van der Waals surface area (Å²) in [5.74, 6) is 0. The number of hydrogen-bond acceptors (Lipinski definition) is 2. The molecule has 22 heavy (non-hydrogen) atoms. The Morgan fingerprint density at radius 3 is 2.45 bits per heavy atom. The van der Waals surface area contributed by atoms with Crippen molar-refractivity contribution in [3.8, 4) is 0 Å². The number of anilines is 1. The van der Waals surface area contributed by atoms with Crippen LogP contribution in [0.3, 0.4) is 0 Å². The number of carbonyl (C=O) groups excluding carboxylic acids is 1. The van der Waals surface area contributed by atoms with Crippen LogP contribution in [0.5, 0.6) is 0 Å². The van der Waals surface area contributed by atoms with Crippen LogP contribution in [0.4, 0.5) is 10.5 Å². The largest absolute Gasteiger partial charge is 0.350 e. The number of amides is 2. The summed E-state index contributed by atoms with van der Waals surface area (Å²) < 4.78 is 2.10. The van der Waals surface area contributed by atoms with Crippen molar-refractivity contribution in [1.29, 1.82) is 0 Å². The second-order valence-corrected chi connectivity index (χ2v) is 5.73. The first-order chi connectivity index (χ1) is 10.7. The van der Waals surface area contributed by atoms with Gasteiger partial charge in [-0.05, 0) is 30.8 Å². The van der Waals surface area contributed by atoms with Gasteiger partial charge in [0.2, 0.25) is 0 Å². The van der Waals surface area contributed by atoms with Crippen LogP contribution < -0.4 is 5.32 Å². The number of hydrogen-bond donors (Lipinski definition) is 1. The quantitative estimate of drug-likeness (QED) is 0.944. The zero-order valence-corrected chi connectivity index (χ0v) is 12.9. The summed E-state index contributed by atoms with van der Waals surface area (Å²) in [5, 5.41) is 3.06. The summed E-state index contributed by atoms with van der Waals surface area (Å²) in [6, 6.07) is 12.0. The Labute approximate surface area is 131 Å². The zero-order chi connectivity index (χ0) is 15.4. The van der Waals surface area contributed by atoms with Gasteiger partial charge in [0.25, 0.3) is 0 Å². The molecule has 0 spiro atoms. The van der Waals surface area contributed by atoms with Gasteiger partial charge in [0, 0.05) is 50.8 Å². The van der Waals surface area contributed by atoms with Gasteiger partial charge in [0.1, 0.15) is 0 Å². The van der Waals surface area contributed by atoms with Crippen molar-refractivity contribution >= 4 is 11.7 Å². The molecule has 3 rings (SSSR count). The molecule has 2 amide bonds. The van der Waals surface area contributed by atoms with Gasteiger partial charge < -0.3 is 19.7 Å². The van der Waals surface area contributed by atoms with Crippen LogP contribution in [0.15, 0.2) is 48.8 Å². The normalized spacial score (nSPS) is 15.8. The fourth-order valence-corrected chi connectivity index (χ4v) is 2.66. The zero-order valence-electron chi connectivity index (χ0n) is 12.9. The molecule has 116 valence electrons. The van der Waals surface area contributed by atoms with Gasteiger partial charge in [-0.2, -0.15) is 0 Å². The molecular weight excluding hydrogens is 276 g/mol. The molecule has 0 bridgehead atoms. The Kier molecular flexibility index (Phi) is 4.44. The third-order valence-electron chi connectivity index (χ3n) is 4.07. The van der Waals surface area contributed by atoms with Crippen LogP contribution in [-0.2, 0) is 6.54 Å². The molecule has 2 heterocycles. The first kappa shape index (κ1) is 14.7. The summed E-state index contributed by atoms with van der Waals surface area (Å²) in [7, 11) is 2.08. The Hall–Kier alpha value is -2.27. The van der Waals surface area contributed by atoms with Gasteiger partial charge in [-0.15, -0.1) is 0 Å². The highest BCUT2D eigenvalue weighted by Gasteiger charge is 2.19. The molecule has 5 heteroatoms. The number of benzene rings is 1. The highest BCUT2D eigenvalue weighted by atomic mass is 16.2. The van der Waals surface area contributed by atoms with E-state index in [0.717, 1.165) is 44.0 Å². The minimum atomic E-state index is -0.00643. The Balaban J connectivity index is 1.68. The van der Waals surface area contributed by atoms with Gasteiger partial charge in [0.05, 0.1) is 0 Å². The maximum absolute atomic E-state index is 12.4. The minimum absolute atomic E-state index is 0.00643. The van der Waals surface area contributed by atoms with Crippen LogP contribution in [0.25, 0.3) is 0 Å². The number of nitrogens with zero attached hydrogens (tertiary/aromatic N) is 3. The maximum atomic E-state index is 12.4. The lowest BCUT2D eigenvalue weighted by Gasteiger charge is -2.32. The fraction of sp³-hybridized carbons (Fsp3) is 0.353. The molecule has 1 aliphatic rings. The highest BCUT2D eigenvalue weighted by molar-refractivity contribution is 5.90. The number of carbonyl (C=O) groups is 1. The average molecular weight is 298 g/mol. The van der Waals surface area contributed by atoms with E-state index in [2.05, 4.69) is 27.9 Å². The van der Waals surface area contributed by atoms with E-state index in [1.165, 1.54) is 0 Å². The molecule has 1 aromatic heterocycles. The summed E-state index contributed by atoms with van der Waals surface area (Å²) >= 11 is 0. The summed E-state index contributed by atoms with van der Waals surface area (Å²) in [6.07, 6.45) is 4.05. The van der Waals surface area contributed by atoms with Gasteiger partial charge in [-0.3, -0.25) is 0 Å². The third kappa shape index (κ3) is 3.49. The maximum Gasteiger partial charge on any atom is 0.321 e. The van der Waals surface area contributed by atoms with E-state index >= 15 is 0 Å². The van der Waals surface area contributed by atoms with Crippen LogP contribution >= 0.6 is 0 Å². The average Bonchev–Trinajstić information content (AvgIpc) is 3.03. The predicted molar refractivity (Wildman–Crippen MR) is 88.1 cm³/mol. The number of rotatable bonds is 3. The SMILES string of the molecule is CN1CCN(C(=O)Nc2ccccc2Cn2cccc2)CC1. The van der Waals surface area contributed by atoms with Gasteiger partial charge in [-0.25, -0.2) is 4.79 Å². The van der Waals surface area contributed by atoms with Gasteiger partial charge in [-0.1, -0.05) is 18.2 Å². The molecule has 0 unspecified atom stereocenters. The third-order valence-corrected chi connectivity index (χ3v) is 4.07. The number of piperazine rings is 1. The molecule has 2 aromatic rings. The Bertz CT molecular complexity index is 615. The lowest BCUT2D eigenvalue weighted by atomic mass is 10.1. The van der Waals surface area contributed by atoms with Crippen molar-refractivity contribution < 1.29 is 4.79 Å². The van der Waals surface area contributed by atoms with Crippen molar-refractivity contribution in [3.05, 3.63) is 54.4 Å². The van der Waals surface area contributed by atoms with Crippen molar-refractivity contribution in [1.82, 2.24) is 14.4 Å². The monoisotopic (exact) mass is 298 g/mol. The van der Waals surface area contributed by atoms with E-state index < -0.39 is 0 Å². The van der Waals surface area contributed by atoms with Crippen LogP contribution in [0, 0.1) is 0 Å². The fourth-order valence-electron chi connectivity index (χ4n) is 2.66. The van der Waals surface area contributed by atoms with Crippen molar-refractivity contribution in [2.45, 2.75) is 6.54 Å². The standard InChI is InChI=1S/C17H22N4O/c1-19-10-12-21(13-11-19)17(22)18-16-7-3-2-6-15(16)14-20-8-4-5-9-20/h2-9H,10-14H2,1H3,(H,18,22). The molecule has 1 saturated heterocycles. The number of aromatic nitrogens is 1. The van der Waals surface area contributed by atoms with Crippen LogP contribution in [0.2, 0.25) is 0 Å². The molecule has 0 radical (unpaired) electrons. The van der Waals surface area contributed by atoms with E-state index in [0.29, 0.717) is 0 Å². The Morgan fingerprint density at radius 2 is 1.73 bits per heavy atom. The van der Waals surface area contributed by atoms with Gasteiger partial charge in [0.15, 0.2) is 0 Å². The van der Waals surface area contributed by atoms with Crippen molar-refractivity contribution in [2.75, 3.05) is 38.5 Å². The number of nitrogens with one attached hydrogen (secondary N) is 1. The first-order valence-electron chi connectivity index (χ1n) is 7.65. The van der Waals surface area contributed by atoms with E-state index in [1.54, 1.807) is 0 Å². The van der Waals surface area contributed by atoms with E-state index in [4.69, 9.17) is 0 Å². The summed E-state index contributed by atoms with van der Waals surface area (Å²) in [6.45, 7) is 4.17. The molecule has 1 aromatic carbocycles. The second kappa shape index (κ2) is 6.66. The molecule has 1 aliphatic heterocycles. The lowest BCUT2D eigenvalue weighted by Crippen LogP contribution is -2.48. The lowest BCUT2D eigenvalue weighted by molar-refractivity contribution is 0.164. The number of para-hydroxylation sites is 1. The second-order valence-electron chi connectivity index (χ2n) is 5.73. The highest BCUT2D eigenvalue weighted by Crippen LogP contribution is 2.17. The molecule has 0 saturated carbocycles. The van der Waals surface area contributed by atoms with E-state index in [1.807, 2.05) is 47.6 Å². The van der Waals surface area contributed by atoms with Crippen LogP contribution in [-0.4, -0.2) is 53.6 Å². The molecule has 0 atom stereocenters. The summed E-state index contributed by atoms with van der Waals surface area (Å²) in [4.78, 5) is 16.5. The molecule has 5 nitrogen and oxygen atoms in total. The molecular formula is C17H22N4O. The van der Waals surface area contributed by atoms with E-state index in [9.17, 15) is 4.79 Å². The van der Waals surface area contributed by atoms with Crippen molar-refractivity contribution in [3.63, 3.8) is 0 Å². The van der Waals surface area contributed by atoms with Crippen LogP contribution in [0.1, 0.15) is 5.56 Å². The number of likely N-dealkylation sites (N-methyl/N-ethyl adjacent to an activating group) is 1. The topological polar surface area (TPSA) is 40.5 Å².